The number of carbonyl (C=O) groups is 1. The van der Waals surface area contributed by atoms with Gasteiger partial charge < -0.3 is 10.5 Å². The van der Waals surface area contributed by atoms with Crippen LogP contribution in [0.5, 0.6) is 0 Å². The van der Waals surface area contributed by atoms with Gasteiger partial charge in [-0.25, -0.2) is 4.39 Å². The van der Waals surface area contributed by atoms with E-state index < -0.39 is 5.82 Å². The lowest BCUT2D eigenvalue weighted by Gasteiger charge is -2.07. The van der Waals surface area contributed by atoms with Crippen LogP contribution in [0, 0.1) is 5.82 Å². The zero-order valence-electron chi connectivity index (χ0n) is 8.42. The molecule has 0 saturated heterocycles. The summed E-state index contributed by atoms with van der Waals surface area (Å²) in [6.45, 7) is 2.07. The fourth-order valence-electron chi connectivity index (χ4n) is 1.17. The molecule has 1 atom stereocenters. The maximum absolute atomic E-state index is 13.0. The fourth-order valence-corrected chi connectivity index (χ4v) is 1.50. The number of rotatable bonds is 3. The van der Waals surface area contributed by atoms with Gasteiger partial charge in [0.15, 0.2) is 0 Å². The topological polar surface area (TPSA) is 52.3 Å². The molecule has 0 spiro atoms. The Balaban J connectivity index is 2.86. The largest absolute Gasteiger partial charge is 0.466 e. The lowest BCUT2D eigenvalue weighted by molar-refractivity contribution is -0.142. The number of carbonyl (C=O) groups excluding carboxylic acids is 1. The standard InChI is InChI=1S/C10H13FNO2P/c1-2-14-10(13)4-6-3-8(12)7(11)5-9(6)15/h3,5H,2,4,12,15H2,1H3. The second-order valence-electron chi connectivity index (χ2n) is 3.05. The highest BCUT2D eigenvalue weighted by molar-refractivity contribution is 7.27. The van der Waals surface area contributed by atoms with Crippen molar-refractivity contribution in [3.63, 3.8) is 0 Å². The molecule has 82 valence electrons. The molecule has 0 amide bonds. The maximum atomic E-state index is 13.0. The number of hydrogen-bond donors (Lipinski definition) is 1. The fraction of sp³-hybridized carbons (Fsp3) is 0.300. The molecule has 1 rings (SSSR count). The average Bonchev–Trinajstić information content (AvgIpc) is 2.14. The van der Waals surface area contributed by atoms with Crippen molar-refractivity contribution < 1.29 is 13.9 Å². The van der Waals surface area contributed by atoms with Crippen LogP contribution in [0.4, 0.5) is 10.1 Å². The van der Waals surface area contributed by atoms with E-state index in [4.69, 9.17) is 10.5 Å². The van der Waals surface area contributed by atoms with Crippen LogP contribution in [0.25, 0.3) is 0 Å². The summed E-state index contributed by atoms with van der Waals surface area (Å²) in [7, 11) is 2.37. The SMILES string of the molecule is CCOC(=O)Cc1cc(N)c(F)cc1P. The van der Waals surface area contributed by atoms with Crippen molar-refractivity contribution in [1.82, 2.24) is 0 Å². The Morgan fingerprint density at radius 2 is 2.27 bits per heavy atom. The summed E-state index contributed by atoms with van der Waals surface area (Å²) in [5, 5.41) is 0.620. The van der Waals surface area contributed by atoms with E-state index in [0.29, 0.717) is 17.5 Å². The Labute approximate surface area is 90.0 Å². The van der Waals surface area contributed by atoms with Gasteiger partial charge in [-0.05, 0) is 29.9 Å². The van der Waals surface area contributed by atoms with E-state index in [1.165, 1.54) is 12.1 Å². The highest BCUT2D eigenvalue weighted by Gasteiger charge is 2.09. The van der Waals surface area contributed by atoms with Crippen LogP contribution in [-0.2, 0) is 16.0 Å². The first-order valence-corrected chi connectivity index (χ1v) is 5.11. The van der Waals surface area contributed by atoms with Gasteiger partial charge in [-0.15, -0.1) is 9.24 Å². The van der Waals surface area contributed by atoms with Crippen molar-refractivity contribution in [2.24, 2.45) is 0 Å². The minimum atomic E-state index is -0.479. The minimum Gasteiger partial charge on any atom is -0.466 e. The molecule has 1 aromatic carbocycles. The van der Waals surface area contributed by atoms with Gasteiger partial charge in [-0.2, -0.15) is 0 Å². The molecule has 1 aromatic rings. The van der Waals surface area contributed by atoms with E-state index in [-0.39, 0.29) is 18.1 Å². The van der Waals surface area contributed by atoms with E-state index in [9.17, 15) is 9.18 Å². The van der Waals surface area contributed by atoms with Gasteiger partial charge in [0.1, 0.15) is 5.82 Å². The lowest BCUT2D eigenvalue weighted by atomic mass is 10.1. The molecule has 0 fully saturated rings. The van der Waals surface area contributed by atoms with Crippen LogP contribution in [0.15, 0.2) is 12.1 Å². The molecule has 0 aromatic heterocycles. The van der Waals surface area contributed by atoms with Gasteiger partial charge in [0, 0.05) is 0 Å². The lowest BCUT2D eigenvalue weighted by Crippen LogP contribution is -2.13. The van der Waals surface area contributed by atoms with Crippen molar-refractivity contribution in [3.8, 4) is 0 Å². The zero-order valence-corrected chi connectivity index (χ0v) is 9.57. The highest BCUT2D eigenvalue weighted by Crippen LogP contribution is 2.13. The van der Waals surface area contributed by atoms with Crippen LogP contribution < -0.4 is 11.0 Å². The summed E-state index contributed by atoms with van der Waals surface area (Å²) in [5.74, 6) is -0.820. The molecule has 3 nitrogen and oxygen atoms in total. The Hall–Kier alpha value is -1.15. The van der Waals surface area contributed by atoms with Crippen LogP contribution in [0.3, 0.4) is 0 Å². The molecule has 0 radical (unpaired) electrons. The normalized spacial score (nSPS) is 10.1. The molecule has 0 heterocycles. The Morgan fingerprint density at radius 1 is 1.60 bits per heavy atom. The van der Waals surface area contributed by atoms with E-state index in [1.807, 2.05) is 0 Å². The van der Waals surface area contributed by atoms with E-state index in [0.717, 1.165) is 0 Å². The third-order valence-corrected chi connectivity index (χ3v) is 2.44. The van der Waals surface area contributed by atoms with Crippen LogP contribution in [0.2, 0.25) is 0 Å². The quantitative estimate of drug-likeness (QED) is 0.478. The van der Waals surface area contributed by atoms with Crippen molar-refractivity contribution in [2.75, 3.05) is 12.3 Å². The first-order valence-electron chi connectivity index (χ1n) is 4.53. The van der Waals surface area contributed by atoms with Crippen molar-refractivity contribution in [2.45, 2.75) is 13.3 Å². The van der Waals surface area contributed by atoms with Gasteiger partial charge in [0.2, 0.25) is 0 Å². The maximum Gasteiger partial charge on any atom is 0.310 e. The van der Waals surface area contributed by atoms with Crippen molar-refractivity contribution in [3.05, 3.63) is 23.5 Å². The summed E-state index contributed by atoms with van der Waals surface area (Å²) < 4.78 is 17.8. The number of nitrogens with two attached hydrogens (primary N) is 1. The number of ether oxygens (including phenoxy) is 1. The molecule has 0 bridgehead atoms. The Morgan fingerprint density at radius 3 is 2.87 bits per heavy atom. The van der Waals surface area contributed by atoms with Gasteiger partial charge in [-0.1, -0.05) is 0 Å². The van der Waals surface area contributed by atoms with E-state index in [2.05, 4.69) is 9.24 Å². The van der Waals surface area contributed by atoms with Gasteiger partial charge in [0.05, 0.1) is 18.7 Å². The zero-order chi connectivity index (χ0) is 11.4. The third-order valence-electron chi connectivity index (χ3n) is 1.90. The average molecular weight is 229 g/mol. The molecule has 15 heavy (non-hydrogen) atoms. The first kappa shape index (κ1) is 11.9. The summed E-state index contributed by atoms with van der Waals surface area (Å²) >= 11 is 0. The summed E-state index contributed by atoms with van der Waals surface area (Å²) in [4.78, 5) is 11.2. The molecular weight excluding hydrogens is 216 g/mol. The molecule has 0 aliphatic heterocycles. The Bertz CT molecular complexity index is 382. The number of esters is 1. The van der Waals surface area contributed by atoms with Gasteiger partial charge in [-0.3, -0.25) is 4.79 Å². The van der Waals surface area contributed by atoms with Crippen molar-refractivity contribution in [1.29, 1.82) is 0 Å². The second kappa shape index (κ2) is 5.08. The number of anilines is 1. The summed E-state index contributed by atoms with van der Waals surface area (Å²) in [5.41, 5.74) is 6.11. The smallest absolute Gasteiger partial charge is 0.310 e. The predicted octanol–water partition coefficient (Wildman–Crippen LogP) is 1.01. The molecule has 0 aliphatic carbocycles. The van der Waals surface area contributed by atoms with Crippen LogP contribution in [-0.4, -0.2) is 12.6 Å². The molecule has 2 N–H and O–H groups in total. The first-order chi connectivity index (χ1) is 7.04. The molecule has 1 unspecified atom stereocenters. The summed E-state index contributed by atoms with van der Waals surface area (Å²) in [6, 6.07) is 2.74. The van der Waals surface area contributed by atoms with Gasteiger partial charge >= 0.3 is 5.97 Å². The monoisotopic (exact) mass is 229 g/mol. The second-order valence-corrected chi connectivity index (χ2v) is 3.68. The molecule has 0 aliphatic rings. The molecule has 5 heteroatoms. The Kier molecular flexibility index (Phi) is 4.04. The number of nitrogen functional groups attached to an aromatic ring is 1. The molecular formula is C10H13FNO2P. The number of hydrogen-bond acceptors (Lipinski definition) is 3. The molecule has 0 saturated carbocycles. The van der Waals surface area contributed by atoms with Crippen LogP contribution >= 0.6 is 9.24 Å². The van der Waals surface area contributed by atoms with E-state index in [1.54, 1.807) is 6.92 Å². The predicted molar refractivity (Wildman–Crippen MR) is 60.5 cm³/mol. The van der Waals surface area contributed by atoms with Crippen LogP contribution in [0.1, 0.15) is 12.5 Å². The van der Waals surface area contributed by atoms with Gasteiger partial charge in [0.25, 0.3) is 0 Å². The summed E-state index contributed by atoms with van der Waals surface area (Å²) in [6.07, 6.45) is 0.108. The van der Waals surface area contributed by atoms with Crippen molar-refractivity contribution >= 4 is 26.2 Å². The number of halogens is 1. The minimum absolute atomic E-state index is 0.0421. The third kappa shape index (κ3) is 3.17. The highest BCUT2D eigenvalue weighted by atomic mass is 31.0. The number of benzene rings is 1. The van der Waals surface area contributed by atoms with E-state index >= 15 is 0 Å².